The topological polar surface area (TPSA) is 56.5 Å². The van der Waals surface area contributed by atoms with Crippen LogP contribution in [0.4, 0.5) is 5.69 Å². The third-order valence-corrected chi connectivity index (χ3v) is 3.62. The first-order valence-corrected chi connectivity index (χ1v) is 7.14. The van der Waals surface area contributed by atoms with Crippen molar-refractivity contribution in [1.29, 1.82) is 0 Å². The summed E-state index contributed by atoms with van der Waals surface area (Å²) < 4.78 is 10.6. The molecule has 3 rings (SSSR count). The quantitative estimate of drug-likeness (QED) is 0.846. The highest BCUT2D eigenvalue weighted by atomic mass is 35.5. The van der Waals surface area contributed by atoms with E-state index in [1.54, 1.807) is 6.07 Å². The maximum absolute atomic E-state index is 6.02. The van der Waals surface area contributed by atoms with Crippen molar-refractivity contribution in [1.82, 2.24) is 0 Å². The van der Waals surface area contributed by atoms with Gasteiger partial charge in [0.05, 0.1) is 0 Å². The van der Waals surface area contributed by atoms with Crippen LogP contribution in [0.1, 0.15) is 11.1 Å². The number of anilines is 1. The van der Waals surface area contributed by atoms with Crippen LogP contribution in [-0.4, -0.2) is 11.8 Å². The van der Waals surface area contributed by atoms with E-state index in [2.05, 4.69) is 5.32 Å². The summed E-state index contributed by atoms with van der Waals surface area (Å²) in [5.41, 5.74) is 8.37. The van der Waals surface area contributed by atoms with Crippen LogP contribution in [0.3, 0.4) is 0 Å². The summed E-state index contributed by atoms with van der Waals surface area (Å²) in [7, 11) is 0. The van der Waals surface area contributed by atoms with Crippen molar-refractivity contribution in [2.24, 2.45) is 5.73 Å². The van der Waals surface area contributed by atoms with E-state index < -0.39 is 0 Å². The highest BCUT2D eigenvalue weighted by Gasteiger charge is 2.13. The molecule has 0 saturated carbocycles. The summed E-state index contributed by atoms with van der Waals surface area (Å²) in [6, 6.07) is 11.2. The standard InChI is InChI=1S/C15H13ClN2O2S/c16-10-2-3-11(15(17)21)12(6-10)18-7-9-1-4-13-14(5-9)20-8-19-13/h1-6,18H,7-8H2,(H2,17,21). The Balaban J connectivity index is 1.78. The van der Waals surface area contributed by atoms with Crippen LogP contribution in [0, 0.1) is 0 Å². The lowest BCUT2D eigenvalue weighted by Gasteiger charge is -2.12. The summed E-state index contributed by atoms with van der Waals surface area (Å²) in [5.74, 6) is 1.53. The number of rotatable bonds is 4. The lowest BCUT2D eigenvalue weighted by atomic mass is 10.1. The fraction of sp³-hybridized carbons (Fsp3) is 0.133. The first-order chi connectivity index (χ1) is 10.1. The van der Waals surface area contributed by atoms with Gasteiger partial charge in [-0.3, -0.25) is 0 Å². The van der Waals surface area contributed by atoms with Gasteiger partial charge in [-0.25, -0.2) is 0 Å². The lowest BCUT2D eigenvalue weighted by molar-refractivity contribution is 0.174. The Morgan fingerprint density at radius 2 is 2.00 bits per heavy atom. The largest absolute Gasteiger partial charge is 0.454 e. The van der Waals surface area contributed by atoms with Crippen LogP contribution in [0.5, 0.6) is 11.5 Å². The molecule has 0 bridgehead atoms. The number of hydrogen-bond acceptors (Lipinski definition) is 4. The first-order valence-electron chi connectivity index (χ1n) is 6.35. The SMILES string of the molecule is NC(=S)c1ccc(Cl)cc1NCc1ccc2c(c1)OCO2. The van der Waals surface area contributed by atoms with Gasteiger partial charge in [0.1, 0.15) is 4.99 Å². The zero-order valence-corrected chi connectivity index (χ0v) is 12.6. The summed E-state index contributed by atoms with van der Waals surface area (Å²) in [6.45, 7) is 0.874. The van der Waals surface area contributed by atoms with Crippen molar-refractivity contribution >= 4 is 34.5 Å². The van der Waals surface area contributed by atoms with Crippen LogP contribution in [0.25, 0.3) is 0 Å². The van der Waals surface area contributed by atoms with Gasteiger partial charge >= 0.3 is 0 Å². The first kappa shape index (κ1) is 14.0. The van der Waals surface area contributed by atoms with Gasteiger partial charge in [0, 0.05) is 22.8 Å². The van der Waals surface area contributed by atoms with Gasteiger partial charge in [-0.05, 0) is 35.9 Å². The Bertz CT molecular complexity index is 706. The average Bonchev–Trinajstić information content (AvgIpc) is 2.92. The van der Waals surface area contributed by atoms with E-state index in [1.165, 1.54) is 0 Å². The molecule has 2 aromatic carbocycles. The minimum absolute atomic E-state index is 0.270. The number of fused-ring (bicyclic) bond motifs is 1. The van der Waals surface area contributed by atoms with Gasteiger partial charge in [-0.15, -0.1) is 0 Å². The Morgan fingerprint density at radius 3 is 2.81 bits per heavy atom. The van der Waals surface area contributed by atoms with Gasteiger partial charge in [-0.2, -0.15) is 0 Å². The second kappa shape index (κ2) is 5.79. The molecule has 1 aliphatic rings. The number of nitrogens with one attached hydrogen (secondary N) is 1. The second-order valence-corrected chi connectivity index (χ2v) is 5.47. The smallest absolute Gasteiger partial charge is 0.231 e. The van der Waals surface area contributed by atoms with E-state index in [0.717, 1.165) is 28.3 Å². The van der Waals surface area contributed by atoms with E-state index >= 15 is 0 Å². The molecular weight excluding hydrogens is 308 g/mol. The molecule has 0 radical (unpaired) electrons. The third-order valence-electron chi connectivity index (χ3n) is 3.17. The highest BCUT2D eigenvalue weighted by Crippen LogP contribution is 2.32. The molecule has 0 amide bonds. The summed E-state index contributed by atoms with van der Waals surface area (Å²) in [4.78, 5) is 0.333. The van der Waals surface area contributed by atoms with Crippen molar-refractivity contribution in [2.45, 2.75) is 6.54 Å². The molecule has 6 heteroatoms. The molecule has 4 nitrogen and oxygen atoms in total. The van der Waals surface area contributed by atoms with E-state index in [4.69, 9.17) is 39.0 Å². The molecular formula is C15H13ClN2O2S. The molecule has 3 N–H and O–H groups in total. The molecule has 1 aliphatic heterocycles. The molecule has 0 unspecified atom stereocenters. The molecule has 0 spiro atoms. The van der Waals surface area contributed by atoms with Crippen molar-refractivity contribution in [3.8, 4) is 11.5 Å². The molecule has 0 saturated heterocycles. The molecule has 0 atom stereocenters. The van der Waals surface area contributed by atoms with Crippen LogP contribution in [-0.2, 0) is 6.54 Å². The number of ether oxygens (including phenoxy) is 2. The maximum Gasteiger partial charge on any atom is 0.231 e. The summed E-state index contributed by atoms with van der Waals surface area (Å²) in [5, 5.41) is 3.92. The molecule has 2 aromatic rings. The number of hydrogen-bond donors (Lipinski definition) is 2. The number of halogens is 1. The Labute approximate surface area is 132 Å². The van der Waals surface area contributed by atoms with Gasteiger partial charge in [0.2, 0.25) is 6.79 Å². The van der Waals surface area contributed by atoms with Gasteiger partial charge in [-0.1, -0.05) is 29.9 Å². The predicted octanol–water partition coefficient (Wildman–Crippen LogP) is 3.32. The van der Waals surface area contributed by atoms with Gasteiger partial charge < -0.3 is 20.5 Å². The average molecular weight is 321 g/mol. The highest BCUT2D eigenvalue weighted by molar-refractivity contribution is 7.80. The minimum atomic E-state index is 0.270. The van der Waals surface area contributed by atoms with E-state index in [1.807, 2.05) is 30.3 Å². The normalized spacial score (nSPS) is 12.2. The molecule has 1 heterocycles. The van der Waals surface area contributed by atoms with Crippen LogP contribution < -0.4 is 20.5 Å². The number of nitrogens with two attached hydrogens (primary N) is 1. The van der Waals surface area contributed by atoms with Crippen LogP contribution >= 0.6 is 23.8 Å². The second-order valence-electron chi connectivity index (χ2n) is 4.60. The third kappa shape index (κ3) is 3.04. The summed E-state index contributed by atoms with van der Waals surface area (Å²) in [6.07, 6.45) is 0. The Kier molecular flexibility index (Phi) is 3.86. The number of thiocarbonyl (C=S) groups is 1. The zero-order chi connectivity index (χ0) is 14.8. The fourth-order valence-corrected chi connectivity index (χ4v) is 2.48. The predicted molar refractivity (Wildman–Crippen MR) is 87.2 cm³/mol. The van der Waals surface area contributed by atoms with Crippen molar-refractivity contribution in [3.05, 3.63) is 52.5 Å². The Morgan fingerprint density at radius 1 is 1.19 bits per heavy atom. The van der Waals surface area contributed by atoms with E-state index in [-0.39, 0.29) is 6.79 Å². The summed E-state index contributed by atoms with van der Waals surface area (Å²) >= 11 is 11.1. The van der Waals surface area contributed by atoms with Crippen molar-refractivity contribution in [3.63, 3.8) is 0 Å². The monoisotopic (exact) mass is 320 g/mol. The lowest BCUT2D eigenvalue weighted by Crippen LogP contribution is -2.13. The zero-order valence-electron chi connectivity index (χ0n) is 11.1. The van der Waals surface area contributed by atoms with Gasteiger partial charge in [0.15, 0.2) is 11.5 Å². The molecule has 0 aliphatic carbocycles. The number of benzene rings is 2. The minimum Gasteiger partial charge on any atom is -0.454 e. The van der Waals surface area contributed by atoms with Crippen molar-refractivity contribution < 1.29 is 9.47 Å². The van der Waals surface area contributed by atoms with Crippen LogP contribution in [0.2, 0.25) is 5.02 Å². The molecule has 0 fully saturated rings. The van der Waals surface area contributed by atoms with Crippen molar-refractivity contribution in [2.75, 3.05) is 12.1 Å². The van der Waals surface area contributed by atoms with E-state index in [9.17, 15) is 0 Å². The fourth-order valence-electron chi connectivity index (χ4n) is 2.13. The molecule has 0 aromatic heterocycles. The maximum atomic E-state index is 6.02. The molecule has 21 heavy (non-hydrogen) atoms. The molecule has 108 valence electrons. The van der Waals surface area contributed by atoms with Crippen LogP contribution in [0.15, 0.2) is 36.4 Å². The van der Waals surface area contributed by atoms with Gasteiger partial charge in [0.25, 0.3) is 0 Å². The van der Waals surface area contributed by atoms with E-state index in [0.29, 0.717) is 16.6 Å². The Hall–Kier alpha value is -1.98.